The first-order chi connectivity index (χ1) is 16.0. The molecule has 0 radical (unpaired) electrons. The van der Waals surface area contributed by atoms with Crippen molar-refractivity contribution in [1.29, 1.82) is 0 Å². The zero-order valence-corrected chi connectivity index (χ0v) is 19.9. The van der Waals surface area contributed by atoms with E-state index in [1.54, 1.807) is 23.0 Å². The number of hydrogen-bond acceptors (Lipinski definition) is 5. The topological polar surface area (TPSA) is 68.8 Å². The molecule has 10 heteroatoms. The SMILES string of the molecule is CC(C)(C)c1cn(Cc2ccco2)/c(=N/C(=O)c2cc(C(F)(F)F)ccc2OCC2CNC2)s1. The van der Waals surface area contributed by atoms with Crippen molar-refractivity contribution >= 4 is 17.2 Å². The molecule has 1 aromatic carbocycles. The molecule has 0 atom stereocenters. The molecule has 3 heterocycles. The van der Waals surface area contributed by atoms with Crippen molar-refractivity contribution in [3.63, 3.8) is 0 Å². The first-order valence-electron chi connectivity index (χ1n) is 10.9. The fourth-order valence-corrected chi connectivity index (χ4v) is 4.36. The van der Waals surface area contributed by atoms with Crippen LogP contribution in [-0.2, 0) is 18.1 Å². The lowest BCUT2D eigenvalue weighted by atomic mass is 9.95. The Labute approximate surface area is 199 Å². The third kappa shape index (κ3) is 5.61. The Morgan fingerprint density at radius 2 is 2.03 bits per heavy atom. The number of halogens is 3. The molecular weight excluding hydrogens is 467 g/mol. The second kappa shape index (κ2) is 9.42. The number of rotatable bonds is 6. The molecule has 34 heavy (non-hydrogen) atoms. The van der Waals surface area contributed by atoms with Crippen molar-refractivity contribution in [1.82, 2.24) is 9.88 Å². The fourth-order valence-electron chi connectivity index (χ4n) is 3.32. The number of carbonyl (C=O) groups is 1. The molecule has 1 N–H and O–H groups in total. The third-order valence-corrected chi connectivity index (χ3v) is 6.89. The van der Waals surface area contributed by atoms with E-state index in [1.807, 2.05) is 27.0 Å². The number of nitrogens with one attached hydrogen (secondary N) is 1. The molecule has 1 saturated heterocycles. The summed E-state index contributed by atoms with van der Waals surface area (Å²) in [5, 5.41) is 3.11. The first kappa shape index (κ1) is 24.3. The summed E-state index contributed by atoms with van der Waals surface area (Å²) in [7, 11) is 0. The molecule has 182 valence electrons. The van der Waals surface area contributed by atoms with E-state index in [9.17, 15) is 18.0 Å². The number of carbonyl (C=O) groups excluding carboxylic acids is 1. The number of thiazole rings is 1. The van der Waals surface area contributed by atoms with Gasteiger partial charge in [-0.3, -0.25) is 4.79 Å². The average Bonchev–Trinajstić information content (AvgIpc) is 3.36. The van der Waals surface area contributed by atoms with Crippen LogP contribution in [0.25, 0.3) is 0 Å². The van der Waals surface area contributed by atoms with E-state index in [4.69, 9.17) is 9.15 Å². The highest BCUT2D eigenvalue weighted by Crippen LogP contribution is 2.33. The number of ether oxygens (including phenoxy) is 1. The van der Waals surface area contributed by atoms with Gasteiger partial charge >= 0.3 is 6.18 Å². The maximum absolute atomic E-state index is 13.4. The zero-order chi connectivity index (χ0) is 24.5. The summed E-state index contributed by atoms with van der Waals surface area (Å²) in [5.74, 6) is 0.232. The van der Waals surface area contributed by atoms with Crippen LogP contribution >= 0.6 is 11.3 Å². The van der Waals surface area contributed by atoms with Gasteiger partial charge in [0.2, 0.25) is 0 Å². The standard InChI is InChI=1S/C24H26F3N3O3S/c1-23(2,3)20-13-30(12-17-5-4-8-32-17)22(34-20)29-21(31)18-9-16(24(25,26)27)6-7-19(18)33-14-15-10-28-11-15/h4-9,13,15,28H,10-12,14H2,1-3H3/b29-22-. The molecule has 3 aromatic rings. The van der Waals surface area contributed by atoms with Crippen LogP contribution in [0.5, 0.6) is 5.75 Å². The number of amides is 1. The molecule has 4 rings (SSSR count). The second-order valence-corrected chi connectivity index (χ2v) is 10.3. The van der Waals surface area contributed by atoms with E-state index < -0.39 is 17.6 Å². The quantitative estimate of drug-likeness (QED) is 0.533. The van der Waals surface area contributed by atoms with Gasteiger partial charge in [0.1, 0.15) is 11.5 Å². The van der Waals surface area contributed by atoms with Crippen LogP contribution in [0, 0.1) is 5.92 Å². The van der Waals surface area contributed by atoms with E-state index in [1.165, 1.54) is 17.4 Å². The fraction of sp³-hybridized carbons (Fsp3) is 0.417. The minimum Gasteiger partial charge on any atom is -0.492 e. The van der Waals surface area contributed by atoms with Gasteiger partial charge in [-0.25, -0.2) is 0 Å². The number of furan rings is 1. The van der Waals surface area contributed by atoms with Crippen molar-refractivity contribution in [2.24, 2.45) is 10.9 Å². The van der Waals surface area contributed by atoms with Gasteiger partial charge in [0.05, 0.1) is 30.5 Å². The predicted molar refractivity (Wildman–Crippen MR) is 122 cm³/mol. The van der Waals surface area contributed by atoms with Crippen LogP contribution in [0.3, 0.4) is 0 Å². The van der Waals surface area contributed by atoms with Crippen LogP contribution in [-0.4, -0.2) is 30.2 Å². The van der Waals surface area contributed by atoms with Crippen LogP contribution in [0.15, 0.2) is 52.2 Å². The van der Waals surface area contributed by atoms with Gasteiger partial charge in [-0.15, -0.1) is 11.3 Å². The average molecular weight is 494 g/mol. The lowest BCUT2D eigenvalue weighted by molar-refractivity contribution is -0.137. The molecule has 1 amide bonds. The number of benzene rings is 1. The highest BCUT2D eigenvalue weighted by molar-refractivity contribution is 7.09. The highest BCUT2D eigenvalue weighted by atomic mass is 32.1. The van der Waals surface area contributed by atoms with Gasteiger partial charge in [0.25, 0.3) is 5.91 Å². The lowest BCUT2D eigenvalue weighted by Gasteiger charge is -2.27. The molecule has 0 aliphatic carbocycles. The Morgan fingerprint density at radius 1 is 1.26 bits per heavy atom. The molecule has 2 aromatic heterocycles. The van der Waals surface area contributed by atoms with Crippen molar-refractivity contribution in [3.05, 3.63) is 69.4 Å². The van der Waals surface area contributed by atoms with Crippen molar-refractivity contribution < 1.29 is 27.1 Å². The Kier molecular flexibility index (Phi) is 6.73. The molecule has 0 bridgehead atoms. The summed E-state index contributed by atoms with van der Waals surface area (Å²) in [6, 6.07) is 6.50. The van der Waals surface area contributed by atoms with Crippen LogP contribution in [0.1, 0.15) is 47.3 Å². The molecule has 0 spiro atoms. The Bertz CT molecular complexity index is 1220. The van der Waals surface area contributed by atoms with E-state index in [0.717, 1.165) is 30.1 Å². The van der Waals surface area contributed by atoms with Gasteiger partial charge in [-0.2, -0.15) is 18.2 Å². The van der Waals surface area contributed by atoms with Gasteiger partial charge in [-0.1, -0.05) is 20.8 Å². The van der Waals surface area contributed by atoms with Crippen molar-refractivity contribution in [2.45, 2.75) is 38.9 Å². The minimum absolute atomic E-state index is 0.0961. The normalized spacial score (nSPS) is 15.4. The lowest BCUT2D eigenvalue weighted by Crippen LogP contribution is -2.45. The summed E-state index contributed by atoms with van der Waals surface area (Å²) in [6.07, 6.45) is -1.14. The maximum atomic E-state index is 13.4. The second-order valence-electron chi connectivity index (χ2n) is 9.30. The smallest absolute Gasteiger partial charge is 0.416 e. The third-order valence-electron chi connectivity index (χ3n) is 5.44. The largest absolute Gasteiger partial charge is 0.492 e. The number of nitrogens with zero attached hydrogens (tertiary/aromatic N) is 2. The first-order valence-corrected chi connectivity index (χ1v) is 11.7. The molecule has 1 aliphatic rings. The summed E-state index contributed by atoms with van der Waals surface area (Å²) in [6.45, 7) is 8.30. The minimum atomic E-state index is -4.59. The van der Waals surface area contributed by atoms with Crippen LogP contribution in [0.4, 0.5) is 13.2 Å². The number of alkyl halides is 3. The Hall–Kier alpha value is -2.85. The Balaban J connectivity index is 1.73. The summed E-state index contributed by atoms with van der Waals surface area (Å²) >= 11 is 1.32. The van der Waals surface area contributed by atoms with Gasteiger partial charge in [-0.05, 0) is 35.7 Å². The van der Waals surface area contributed by atoms with Crippen LogP contribution < -0.4 is 14.9 Å². The van der Waals surface area contributed by atoms with Gasteiger partial charge in [0, 0.05) is 30.1 Å². The monoisotopic (exact) mass is 493 g/mol. The molecule has 0 saturated carbocycles. The van der Waals surface area contributed by atoms with E-state index in [-0.39, 0.29) is 22.6 Å². The van der Waals surface area contributed by atoms with Crippen molar-refractivity contribution in [2.75, 3.05) is 19.7 Å². The van der Waals surface area contributed by atoms with E-state index in [0.29, 0.717) is 23.7 Å². The maximum Gasteiger partial charge on any atom is 0.416 e. The van der Waals surface area contributed by atoms with Crippen LogP contribution in [0.2, 0.25) is 0 Å². The van der Waals surface area contributed by atoms with Crippen molar-refractivity contribution in [3.8, 4) is 5.75 Å². The Morgan fingerprint density at radius 3 is 2.62 bits per heavy atom. The zero-order valence-electron chi connectivity index (χ0n) is 19.1. The van der Waals surface area contributed by atoms with E-state index in [2.05, 4.69) is 10.3 Å². The number of hydrogen-bond donors (Lipinski definition) is 1. The van der Waals surface area contributed by atoms with Gasteiger partial charge < -0.3 is 19.0 Å². The molecule has 0 unspecified atom stereocenters. The molecule has 6 nitrogen and oxygen atoms in total. The summed E-state index contributed by atoms with van der Waals surface area (Å²) < 4.78 is 53.1. The van der Waals surface area contributed by atoms with E-state index >= 15 is 0 Å². The molecular formula is C24H26F3N3O3S. The summed E-state index contributed by atoms with van der Waals surface area (Å²) in [5.41, 5.74) is -1.33. The highest BCUT2D eigenvalue weighted by Gasteiger charge is 2.32. The number of aromatic nitrogens is 1. The summed E-state index contributed by atoms with van der Waals surface area (Å²) in [4.78, 5) is 18.8. The molecule has 1 fully saturated rings. The predicted octanol–water partition coefficient (Wildman–Crippen LogP) is 4.85. The molecule has 1 aliphatic heterocycles. The van der Waals surface area contributed by atoms with Gasteiger partial charge in [0.15, 0.2) is 4.80 Å².